The Labute approximate surface area is 113 Å². The van der Waals surface area contributed by atoms with Crippen LogP contribution in [0.4, 0.5) is 5.69 Å². The van der Waals surface area contributed by atoms with Crippen LogP contribution in [-0.2, 0) is 13.1 Å². The lowest BCUT2D eigenvalue weighted by atomic mass is 10.1. The molecule has 0 heterocycles. The standard InChI is InChI=1S/C15H17ClN2/c1-11-2-7-14(16)8-15(11)18-10-13-5-3-12(9-17)4-6-13/h2-8,18H,9-10,17H2,1H3. The largest absolute Gasteiger partial charge is 0.381 e. The Balaban J connectivity index is 2.04. The van der Waals surface area contributed by atoms with E-state index in [1.807, 2.05) is 18.2 Å². The zero-order valence-electron chi connectivity index (χ0n) is 10.4. The minimum Gasteiger partial charge on any atom is -0.381 e. The van der Waals surface area contributed by atoms with Crippen LogP contribution in [0.25, 0.3) is 0 Å². The zero-order valence-corrected chi connectivity index (χ0v) is 11.2. The second-order valence-electron chi connectivity index (χ2n) is 4.33. The van der Waals surface area contributed by atoms with Gasteiger partial charge in [-0.1, -0.05) is 41.9 Å². The third-order valence-electron chi connectivity index (χ3n) is 2.94. The molecule has 2 rings (SSSR count). The highest BCUT2D eigenvalue weighted by atomic mass is 35.5. The van der Waals surface area contributed by atoms with Crippen LogP contribution >= 0.6 is 11.6 Å². The molecular formula is C15H17ClN2. The number of halogens is 1. The zero-order chi connectivity index (χ0) is 13.0. The fourth-order valence-electron chi connectivity index (χ4n) is 1.78. The van der Waals surface area contributed by atoms with Crippen molar-refractivity contribution >= 4 is 17.3 Å². The summed E-state index contributed by atoms with van der Waals surface area (Å²) in [6.07, 6.45) is 0. The van der Waals surface area contributed by atoms with E-state index in [0.717, 1.165) is 22.8 Å². The van der Waals surface area contributed by atoms with Crippen LogP contribution < -0.4 is 11.1 Å². The molecule has 0 fully saturated rings. The summed E-state index contributed by atoms with van der Waals surface area (Å²) in [5, 5.41) is 4.14. The highest BCUT2D eigenvalue weighted by molar-refractivity contribution is 6.30. The van der Waals surface area contributed by atoms with Gasteiger partial charge in [-0.3, -0.25) is 0 Å². The monoisotopic (exact) mass is 260 g/mol. The van der Waals surface area contributed by atoms with E-state index in [-0.39, 0.29) is 0 Å². The lowest BCUT2D eigenvalue weighted by Gasteiger charge is -2.10. The fourth-order valence-corrected chi connectivity index (χ4v) is 1.95. The highest BCUT2D eigenvalue weighted by Gasteiger charge is 1.99. The van der Waals surface area contributed by atoms with Gasteiger partial charge >= 0.3 is 0 Å². The van der Waals surface area contributed by atoms with Gasteiger partial charge in [-0.25, -0.2) is 0 Å². The second kappa shape index (κ2) is 5.89. The average Bonchev–Trinajstić information content (AvgIpc) is 2.40. The van der Waals surface area contributed by atoms with E-state index in [1.54, 1.807) is 0 Å². The molecule has 0 radical (unpaired) electrons. The number of nitrogens with one attached hydrogen (secondary N) is 1. The number of hydrogen-bond acceptors (Lipinski definition) is 2. The molecule has 2 aromatic carbocycles. The van der Waals surface area contributed by atoms with Crippen molar-refractivity contribution in [3.05, 3.63) is 64.2 Å². The lowest BCUT2D eigenvalue weighted by molar-refractivity contribution is 1.06. The van der Waals surface area contributed by atoms with E-state index in [9.17, 15) is 0 Å². The topological polar surface area (TPSA) is 38.0 Å². The third-order valence-corrected chi connectivity index (χ3v) is 3.18. The first-order valence-electron chi connectivity index (χ1n) is 5.97. The molecule has 0 saturated carbocycles. The van der Waals surface area contributed by atoms with Crippen LogP contribution in [0.15, 0.2) is 42.5 Å². The molecule has 2 nitrogen and oxygen atoms in total. The first kappa shape index (κ1) is 12.9. The molecule has 0 saturated heterocycles. The Morgan fingerprint density at radius 2 is 1.72 bits per heavy atom. The lowest BCUT2D eigenvalue weighted by Crippen LogP contribution is -2.02. The number of anilines is 1. The third kappa shape index (κ3) is 3.25. The summed E-state index contributed by atoms with van der Waals surface area (Å²) in [7, 11) is 0. The predicted octanol–water partition coefficient (Wildman–Crippen LogP) is 3.72. The molecule has 2 aromatic rings. The molecule has 18 heavy (non-hydrogen) atoms. The van der Waals surface area contributed by atoms with Crippen LogP contribution in [0.1, 0.15) is 16.7 Å². The van der Waals surface area contributed by atoms with E-state index in [0.29, 0.717) is 6.54 Å². The van der Waals surface area contributed by atoms with E-state index in [1.165, 1.54) is 11.1 Å². The Hall–Kier alpha value is -1.51. The molecule has 0 atom stereocenters. The van der Waals surface area contributed by atoms with Crippen LogP contribution in [0, 0.1) is 6.92 Å². The highest BCUT2D eigenvalue weighted by Crippen LogP contribution is 2.20. The first-order chi connectivity index (χ1) is 8.69. The van der Waals surface area contributed by atoms with Crippen molar-refractivity contribution in [2.24, 2.45) is 5.73 Å². The van der Waals surface area contributed by atoms with Crippen LogP contribution in [-0.4, -0.2) is 0 Å². The summed E-state index contributed by atoms with van der Waals surface area (Å²) in [5.74, 6) is 0. The maximum Gasteiger partial charge on any atom is 0.0426 e. The maximum absolute atomic E-state index is 5.98. The number of nitrogens with two attached hydrogens (primary N) is 1. The van der Waals surface area contributed by atoms with Gasteiger partial charge in [0.15, 0.2) is 0 Å². The molecule has 0 amide bonds. The molecule has 3 N–H and O–H groups in total. The van der Waals surface area contributed by atoms with Crippen molar-refractivity contribution in [2.45, 2.75) is 20.0 Å². The Morgan fingerprint density at radius 3 is 2.39 bits per heavy atom. The van der Waals surface area contributed by atoms with Crippen LogP contribution in [0.3, 0.4) is 0 Å². The molecule has 3 heteroatoms. The van der Waals surface area contributed by atoms with Gasteiger partial charge < -0.3 is 11.1 Å². The van der Waals surface area contributed by atoms with Gasteiger partial charge in [-0.05, 0) is 35.7 Å². The number of rotatable bonds is 4. The van der Waals surface area contributed by atoms with Gasteiger partial charge in [0.25, 0.3) is 0 Å². The molecule has 0 unspecified atom stereocenters. The van der Waals surface area contributed by atoms with Gasteiger partial charge in [0.05, 0.1) is 0 Å². The molecule has 0 aliphatic heterocycles. The smallest absolute Gasteiger partial charge is 0.0426 e. The Bertz CT molecular complexity index is 521. The Morgan fingerprint density at radius 1 is 1.06 bits per heavy atom. The van der Waals surface area contributed by atoms with E-state index < -0.39 is 0 Å². The molecule has 0 bridgehead atoms. The minimum absolute atomic E-state index is 0.584. The number of hydrogen-bond donors (Lipinski definition) is 2. The van der Waals surface area contributed by atoms with Gasteiger partial charge in [0.2, 0.25) is 0 Å². The fraction of sp³-hybridized carbons (Fsp3) is 0.200. The number of benzene rings is 2. The van der Waals surface area contributed by atoms with Crippen molar-refractivity contribution in [3.63, 3.8) is 0 Å². The Kier molecular flexibility index (Phi) is 4.24. The maximum atomic E-state index is 5.98. The predicted molar refractivity (Wildman–Crippen MR) is 77.8 cm³/mol. The summed E-state index contributed by atoms with van der Waals surface area (Å²) in [4.78, 5) is 0. The molecule has 94 valence electrons. The van der Waals surface area contributed by atoms with Crippen molar-refractivity contribution < 1.29 is 0 Å². The molecule has 0 aliphatic carbocycles. The normalized spacial score (nSPS) is 10.4. The minimum atomic E-state index is 0.584. The summed E-state index contributed by atoms with van der Waals surface area (Å²) < 4.78 is 0. The van der Waals surface area contributed by atoms with Crippen molar-refractivity contribution in [1.29, 1.82) is 0 Å². The quantitative estimate of drug-likeness (QED) is 0.879. The summed E-state index contributed by atoms with van der Waals surface area (Å²) in [6, 6.07) is 14.2. The van der Waals surface area contributed by atoms with Gasteiger partial charge in [0.1, 0.15) is 0 Å². The van der Waals surface area contributed by atoms with E-state index >= 15 is 0 Å². The van der Waals surface area contributed by atoms with Crippen molar-refractivity contribution in [3.8, 4) is 0 Å². The summed E-state index contributed by atoms with van der Waals surface area (Å²) >= 11 is 5.98. The van der Waals surface area contributed by atoms with E-state index in [4.69, 9.17) is 17.3 Å². The van der Waals surface area contributed by atoms with Crippen molar-refractivity contribution in [1.82, 2.24) is 0 Å². The molecule has 0 spiro atoms. The number of aryl methyl sites for hydroxylation is 1. The first-order valence-corrected chi connectivity index (χ1v) is 6.35. The van der Waals surface area contributed by atoms with Crippen LogP contribution in [0.5, 0.6) is 0 Å². The van der Waals surface area contributed by atoms with Crippen LogP contribution in [0.2, 0.25) is 5.02 Å². The SMILES string of the molecule is Cc1ccc(Cl)cc1NCc1ccc(CN)cc1. The van der Waals surface area contributed by atoms with Crippen molar-refractivity contribution in [2.75, 3.05) is 5.32 Å². The van der Waals surface area contributed by atoms with Gasteiger partial charge in [-0.2, -0.15) is 0 Å². The second-order valence-corrected chi connectivity index (χ2v) is 4.77. The molecule has 0 aromatic heterocycles. The van der Waals surface area contributed by atoms with Gasteiger partial charge in [0, 0.05) is 23.8 Å². The summed E-state index contributed by atoms with van der Waals surface area (Å²) in [5.41, 5.74) is 10.2. The average molecular weight is 261 g/mol. The van der Waals surface area contributed by atoms with Gasteiger partial charge in [-0.15, -0.1) is 0 Å². The van der Waals surface area contributed by atoms with E-state index in [2.05, 4.69) is 36.5 Å². The molecular weight excluding hydrogens is 244 g/mol. The summed E-state index contributed by atoms with van der Waals surface area (Å²) in [6.45, 7) is 3.43. The molecule has 0 aliphatic rings.